The molecule has 7 heteroatoms. The van der Waals surface area contributed by atoms with Crippen LogP contribution in [0.2, 0.25) is 0 Å². The topological polar surface area (TPSA) is 49.0 Å². The molecular weight excluding hydrogens is 374 g/mol. The van der Waals surface area contributed by atoms with Gasteiger partial charge >= 0.3 is 0 Å². The molecule has 0 heterocycles. The molecule has 0 saturated heterocycles. The van der Waals surface area contributed by atoms with Gasteiger partial charge < -0.3 is 24.3 Å². The van der Waals surface area contributed by atoms with Gasteiger partial charge in [-0.3, -0.25) is 0 Å². The number of ether oxygens (including phenoxy) is 4. The minimum absolute atomic E-state index is 0.107. The van der Waals surface area contributed by atoms with Crippen LogP contribution in [0.15, 0.2) is 0 Å². The van der Waals surface area contributed by atoms with Crippen LogP contribution in [0, 0.1) is 0 Å². The van der Waals surface area contributed by atoms with Crippen LogP contribution < -0.4 is 5.32 Å². The van der Waals surface area contributed by atoms with Gasteiger partial charge in [-0.15, -0.1) is 0 Å². The summed E-state index contributed by atoms with van der Waals surface area (Å²) in [4.78, 5) is 0. The first-order valence-corrected chi connectivity index (χ1v) is 12.7. The fourth-order valence-corrected chi connectivity index (χ4v) is 5.12. The molecule has 0 aliphatic rings. The molecule has 0 aliphatic carbocycles. The third-order valence-corrected chi connectivity index (χ3v) is 7.52. The molecule has 0 radical (unpaired) electrons. The molecule has 0 aromatic rings. The molecule has 0 amide bonds. The number of nitrogens with one attached hydrogen (secondary N) is 1. The van der Waals surface area contributed by atoms with Crippen molar-refractivity contribution in [3.8, 4) is 0 Å². The zero-order valence-corrected chi connectivity index (χ0v) is 24.0. The smallest absolute Gasteiger partial charge is 0.172 e. The van der Waals surface area contributed by atoms with Crippen LogP contribution in [0.3, 0.4) is 0 Å². The summed E-state index contributed by atoms with van der Waals surface area (Å²) < 4.78 is 24.9. The van der Waals surface area contributed by atoms with Crippen molar-refractivity contribution in [3.63, 3.8) is 0 Å². The Balaban J connectivity index is 5.78. The minimum atomic E-state index is -0.284. The molecule has 2 unspecified atom stereocenters. The maximum Gasteiger partial charge on any atom is 0.172 e. The SMILES string of the molecule is CCC([SiH3])(NC([SiH3])(CC)C(OC(C)C)OC(C)C)C(OC(C)C)OC(C)C. The van der Waals surface area contributed by atoms with Crippen LogP contribution in [-0.2, 0) is 18.9 Å². The fourth-order valence-electron chi connectivity index (χ4n) is 2.93. The lowest BCUT2D eigenvalue weighted by Gasteiger charge is -2.48. The Kier molecular flexibility index (Phi) is 12.2. The van der Waals surface area contributed by atoms with E-state index in [1.165, 1.54) is 0 Å². The summed E-state index contributed by atoms with van der Waals surface area (Å²) in [5, 5.41) is 3.52. The monoisotopic (exact) mass is 421 g/mol. The van der Waals surface area contributed by atoms with Gasteiger partial charge in [0, 0.05) is 20.5 Å². The lowest BCUT2D eigenvalue weighted by molar-refractivity contribution is -0.228. The largest absolute Gasteiger partial charge is 0.348 e. The minimum Gasteiger partial charge on any atom is -0.348 e. The van der Waals surface area contributed by atoms with Crippen molar-refractivity contribution >= 4 is 20.5 Å². The Labute approximate surface area is 174 Å². The average molecular weight is 422 g/mol. The first-order valence-electron chi connectivity index (χ1n) is 10.7. The Morgan fingerprint density at radius 1 is 0.593 bits per heavy atom. The maximum atomic E-state index is 6.23. The Bertz CT molecular complexity index is 353. The van der Waals surface area contributed by atoms with Gasteiger partial charge in [-0.25, -0.2) is 0 Å². The highest BCUT2D eigenvalue weighted by Gasteiger charge is 2.45. The summed E-state index contributed by atoms with van der Waals surface area (Å²) in [7, 11) is 1.78. The van der Waals surface area contributed by atoms with E-state index in [0.717, 1.165) is 33.3 Å². The molecule has 0 rings (SSSR count). The van der Waals surface area contributed by atoms with Crippen molar-refractivity contribution in [1.82, 2.24) is 5.32 Å². The van der Waals surface area contributed by atoms with Crippen molar-refractivity contribution in [1.29, 1.82) is 0 Å². The molecule has 2 atom stereocenters. The molecule has 0 aromatic carbocycles. The highest BCUT2D eigenvalue weighted by Crippen LogP contribution is 2.27. The van der Waals surface area contributed by atoms with E-state index >= 15 is 0 Å². The zero-order valence-electron chi connectivity index (χ0n) is 20.0. The molecule has 27 heavy (non-hydrogen) atoms. The number of hydrogen-bond acceptors (Lipinski definition) is 5. The lowest BCUT2D eigenvalue weighted by Crippen LogP contribution is -2.70. The van der Waals surface area contributed by atoms with Gasteiger partial charge in [-0.1, -0.05) is 13.8 Å². The van der Waals surface area contributed by atoms with Crippen molar-refractivity contribution in [2.24, 2.45) is 0 Å². The second-order valence-corrected chi connectivity index (χ2v) is 12.6. The van der Waals surface area contributed by atoms with Gasteiger partial charge in [-0.2, -0.15) is 0 Å². The summed E-state index contributed by atoms with van der Waals surface area (Å²) in [6, 6.07) is 0. The molecule has 0 aliphatic heterocycles. The second kappa shape index (κ2) is 12.0. The highest BCUT2D eigenvalue weighted by molar-refractivity contribution is 6.19. The normalized spacial score (nSPS) is 17.8. The van der Waals surface area contributed by atoms with Crippen LogP contribution >= 0.6 is 0 Å². The highest BCUT2D eigenvalue weighted by atomic mass is 28.2. The van der Waals surface area contributed by atoms with E-state index in [0.29, 0.717) is 0 Å². The Hall–Kier alpha value is 0.234. The summed E-state index contributed by atoms with van der Waals surface area (Å²) >= 11 is 0. The van der Waals surface area contributed by atoms with Gasteiger partial charge in [0.25, 0.3) is 0 Å². The van der Waals surface area contributed by atoms with Crippen molar-refractivity contribution in [3.05, 3.63) is 0 Å². The molecule has 1 N–H and O–H groups in total. The first-order chi connectivity index (χ1) is 12.3. The summed E-state index contributed by atoms with van der Waals surface area (Å²) in [6.45, 7) is 20.9. The molecule has 0 saturated carbocycles. The molecule has 164 valence electrons. The number of rotatable bonds is 14. The lowest BCUT2D eigenvalue weighted by atomic mass is 10.1. The van der Waals surface area contributed by atoms with E-state index in [9.17, 15) is 0 Å². The first kappa shape index (κ1) is 27.2. The standard InChI is InChI=1S/C20H47NO4Si2/c1-11-19(26,17(22-13(3)4)23-14(5)6)21-20(27,12-2)18(24-15(7)8)25-16(9)10/h13-18,21H,11-12H2,1-10,26-27H3. The van der Waals surface area contributed by atoms with Gasteiger partial charge in [0.1, 0.15) is 0 Å². The fraction of sp³-hybridized carbons (Fsp3) is 1.00. The predicted molar refractivity (Wildman–Crippen MR) is 122 cm³/mol. The number of hydrogen-bond donors (Lipinski definition) is 1. The van der Waals surface area contributed by atoms with E-state index in [1.54, 1.807) is 0 Å². The van der Waals surface area contributed by atoms with Gasteiger partial charge in [-0.05, 0) is 68.2 Å². The van der Waals surface area contributed by atoms with E-state index in [1.807, 2.05) is 0 Å². The van der Waals surface area contributed by atoms with E-state index < -0.39 is 0 Å². The predicted octanol–water partition coefficient (Wildman–Crippen LogP) is 1.87. The summed E-state index contributed by atoms with van der Waals surface area (Å²) in [6.07, 6.45) is 1.73. The van der Waals surface area contributed by atoms with E-state index in [4.69, 9.17) is 18.9 Å². The Morgan fingerprint density at radius 2 is 0.815 bits per heavy atom. The average Bonchev–Trinajstić information content (AvgIpc) is 2.51. The quantitative estimate of drug-likeness (QED) is 0.343. The summed E-state index contributed by atoms with van der Waals surface area (Å²) in [5.41, 5.74) is 0. The maximum absolute atomic E-state index is 6.23. The summed E-state index contributed by atoms with van der Waals surface area (Å²) in [5.74, 6) is 0. The van der Waals surface area contributed by atoms with Gasteiger partial charge in [0.05, 0.1) is 34.7 Å². The zero-order chi connectivity index (χ0) is 21.4. The Morgan fingerprint density at radius 3 is 0.963 bits per heavy atom. The van der Waals surface area contributed by atoms with Crippen LogP contribution in [0.25, 0.3) is 0 Å². The second-order valence-electron chi connectivity index (χ2n) is 9.07. The van der Waals surface area contributed by atoms with Crippen molar-refractivity contribution in [2.75, 3.05) is 0 Å². The van der Waals surface area contributed by atoms with E-state index in [-0.39, 0.29) is 47.3 Å². The van der Waals surface area contributed by atoms with Crippen molar-refractivity contribution < 1.29 is 18.9 Å². The van der Waals surface area contributed by atoms with Crippen LogP contribution in [-0.4, -0.2) is 67.8 Å². The third-order valence-electron chi connectivity index (χ3n) is 4.66. The van der Waals surface area contributed by atoms with Crippen LogP contribution in [0.1, 0.15) is 82.1 Å². The van der Waals surface area contributed by atoms with E-state index in [2.05, 4.69) is 74.6 Å². The molecule has 0 fully saturated rings. The third kappa shape index (κ3) is 9.52. The van der Waals surface area contributed by atoms with Crippen LogP contribution in [0.5, 0.6) is 0 Å². The van der Waals surface area contributed by atoms with Crippen LogP contribution in [0.4, 0.5) is 0 Å². The molecular formula is C20H47NO4Si2. The molecule has 0 bridgehead atoms. The molecule has 0 aromatic heterocycles. The van der Waals surface area contributed by atoms with Crippen molar-refractivity contribution in [2.45, 2.75) is 129 Å². The van der Waals surface area contributed by atoms with Gasteiger partial charge in [0.2, 0.25) is 0 Å². The molecule has 0 spiro atoms. The molecule has 5 nitrogen and oxygen atoms in total. The van der Waals surface area contributed by atoms with Gasteiger partial charge in [0.15, 0.2) is 12.6 Å².